The Hall–Kier alpha value is -3.38. The van der Waals surface area contributed by atoms with Gasteiger partial charge in [0.25, 0.3) is 8.32 Å². The smallest absolute Gasteiger partial charge is 0.261 e. The van der Waals surface area contributed by atoms with E-state index >= 15 is 0 Å². The van der Waals surface area contributed by atoms with Crippen LogP contribution in [0.2, 0.25) is 23.2 Å². The summed E-state index contributed by atoms with van der Waals surface area (Å²) in [6, 6.07) is 39.8. The molecule has 0 heterocycles. The van der Waals surface area contributed by atoms with Crippen LogP contribution >= 0.6 is 0 Å². The van der Waals surface area contributed by atoms with Crippen molar-refractivity contribution < 1.29 is 27.9 Å². The van der Waals surface area contributed by atoms with E-state index in [9.17, 15) is 4.79 Å². The van der Waals surface area contributed by atoms with E-state index in [0.717, 1.165) is 23.2 Å². The van der Waals surface area contributed by atoms with Gasteiger partial charge in [-0.05, 0) is 63.2 Å². The molecule has 6 atom stereocenters. The lowest BCUT2D eigenvalue weighted by molar-refractivity contribution is -0.133. The zero-order valence-corrected chi connectivity index (χ0v) is 38.8. The summed E-state index contributed by atoms with van der Waals surface area (Å²) in [5.74, 6) is 0.225. The molecular formula is C49H70O6Si2. The SMILES string of the molecule is COc1ccc(CO[C@H]([C@@H](C)[C@@H](OCc2ccccc2)[C@@H](C)[C@H](CCO[Si](c2ccccc2)(c2ccccc2)C(C)(C)C)O[Si](C)(C)C(C)(C)C)[C@@H](C)C=O)cc1. The number of aldehydes is 1. The minimum atomic E-state index is -2.78. The Bertz CT molecular complexity index is 1710. The van der Waals surface area contributed by atoms with Crippen LogP contribution in [0.25, 0.3) is 0 Å². The first-order chi connectivity index (χ1) is 26.9. The first kappa shape index (κ1) is 46.3. The predicted molar refractivity (Wildman–Crippen MR) is 240 cm³/mol. The molecule has 6 nitrogen and oxygen atoms in total. The standard InChI is InChI=1S/C49H70O6Si2/c1-37(34-50)46(52-36-41-28-30-42(51-10)31-29-41)39(3)47(53-35-40-22-16-13-17-23-40)38(2)45(55-56(11,12)48(4,5)6)32-33-54-57(49(7,8)9,43-24-18-14-19-25-43)44-26-20-15-21-27-44/h13-31,34,37-39,45-47H,32-33,35-36H2,1-12H3/t37-,38-,39+,45-,46-,47-/m0/s1. The van der Waals surface area contributed by atoms with Gasteiger partial charge in [-0.3, -0.25) is 0 Å². The van der Waals surface area contributed by atoms with Crippen LogP contribution in [0.1, 0.15) is 79.9 Å². The summed E-state index contributed by atoms with van der Waals surface area (Å²) in [5.41, 5.74) is 2.11. The molecule has 0 saturated heterocycles. The van der Waals surface area contributed by atoms with Gasteiger partial charge >= 0.3 is 0 Å². The maximum absolute atomic E-state index is 12.5. The lowest BCUT2D eigenvalue weighted by atomic mass is 9.81. The van der Waals surface area contributed by atoms with Crippen LogP contribution in [-0.2, 0) is 36.3 Å². The van der Waals surface area contributed by atoms with Crippen LogP contribution in [-0.4, -0.2) is 54.9 Å². The molecule has 4 aromatic rings. The number of methoxy groups -OCH3 is 1. The van der Waals surface area contributed by atoms with Crippen molar-refractivity contribution in [2.75, 3.05) is 13.7 Å². The molecule has 0 fully saturated rings. The van der Waals surface area contributed by atoms with E-state index in [1.807, 2.05) is 49.4 Å². The minimum Gasteiger partial charge on any atom is -0.497 e. The third-order valence-electron chi connectivity index (χ3n) is 12.2. The highest BCUT2D eigenvalue weighted by Gasteiger charge is 2.51. The lowest BCUT2D eigenvalue weighted by Gasteiger charge is -2.45. The van der Waals surface area contributed by atoms with Gasteiger partial charge in [-0.1, -0.05) is 165 Å². The zero-order chi connectivity index (χ0) is 41.9. The van der Waals surface area contributed by atoms with E-state index < -0.39 is 22.7 Å². The molecule has 4 aromatic carbocycles. The Labute approximate surface area is 346 Å². The second kappa shape index (κ2) is 20.5. The average Bonchev–Trinajstić information content (AvgIpc) is 3.19. The number of carbonyl (C=O) groups is 1. The minimum absolute atomic E-state index is 0.00806. The maximum Gasteiger partial charge on any atom is 0.261 e. The molecule has 0 spiro atoms. The summed E-state index contributed by atoms with van der Waals surface area (Å²) in [6.07, 6.45) is 0.832. The molecule has 0 N–H and O–H groups in total. The Morgan fingerprint density at radius 1 is 0.614 bits per heavy atom. The summed E-state index contributed by atoms with van der Waals surface area (Å²) < 4.78 is 34.0. The van der Waals surface area contributed by atoms with Gasteiger partial charge in [-0.25, -0.2) is 0 Å². The summed E-state index contributed by atoms with van der Waals surface area (Å²) >= 11 is 0. The number of rotatable bonds is 21. The second-order valence-electron chi connectivity index (χ2n) is 18.3. The van der Waals surface area contributed by atoms with Crippen molar-refractivity contribution in [3.8, 4) is 5.75 Å². The summed E-state index contributed by atoms with van der Waals surface area (Å²) in [7, 11) is -3.40. The molecule has 0 aliphatic carbocycles. The summed E-state index contributed by atoms with van der Waals surface area (Å²) in [6.45, 7) is 26.2. The van der Waals surface area contributed by atoms with Crippen molar-refractivity contribution in [2.24, 2.45) is 17.8 Å². The van der Waals surface area contributed by atoms with Gasteiger partial charge in [-0.15, -0.1) is 0 Å². The number of hydrogen-bond acceptors (Lipinski definition) is 6. The van der Waals surface area contributed by atoms with Gasteiger partial charge in [-0.2, -0.15) is 0 Å². The topological polar surface area (TPSA) is 63.2 Å². The first-order valence-corrected chi connectivity index (χ1v) is 25.5. The molecule has 0 unspecified atom stereocenters. The van der Waals surface area contributed by atoms with Crippen LogP contribution in [0.5, 0.6) is 5.75 Å². The molecule has 310 valence electrons. The molecule has 0 radical (unpaired) electrons. The fraction of sp³-hybridized carbons (Fsp3) is 0.490. The Kier molecular flexibility index (Phi) is 16.7. The van der Waals surface area contributed by atoms with Crippen molar-refractivity contribution in [3.05, 3.63) is 126 Å². The highest BCUT2D eigenvalue weighted by Crippen LogP contribution is 2.41. The largest absolute Gasteiger partial charge is 0.497 e. The van der Waals surface area contributed by atoms with Crippen LogP contribution in [0.4, 0.5) is 0 Å². The van der Waals surface area contributed by atoms with Crippen molar-refractivity contribution >= 4 is 33.3 Å². The fourth-order valence-corrected chi connectivity index (χ4v) is 13.8. The molecule has 0 bridgehead atoms. The molecular weight excluding hydrogens is 741 g/mol. The molecule has 0 saturated carbocycles. The van der Waals surface area contributed by atoms with Gasteiger partial charge < -0.3 is 27.9 Å². The van der Waals surface area contributed by atoms with E-state index in [-0.39, 0.29) is 40.0 Å². The molecule has 8 heteroatoms. The van der Waals surface area contributed by atoms with Gasteiger partial charge in [0.1, 0.15) is 12.0 Å². The molecule has 4 rings (SSSR count). The van der Waals surface area contributed by atoms with Crippen molar-refractivity contribution in [2.45, 2.75) is 123 Å². The van der Waals surface area contributed by atoms with Gasteiger partial charge in [0.2, 0.25) is 0 Å². The van der Waals surface area contributed by atoms with Crippen LogP contribution < -0.4 is 15.1 Å². The average molecular weight is 811 g/mol. The van der Waals surface area contributed by atoms with E-state index in [1.165, 1.54) is 10.4 Å². The van der Waals surface area contributed by atoms with Gasteiger partial charge in [0.05, 0.1) is 38.6 Å². The normalized spacial score (nSPS) is 15.9. The monoisotopic (exact) mass is 810 g/mol. The van der Waals surface area contributed by atoms with Crippen LogP contribution in [0.15, 0.2) is 115 Å². The summed E-state index contributed by atoms with van der Waals surface area (Å²) in [4.78, 5) is 12.5. The number of ether oxygens (including phenoxy) is 3. The lowest BCUT2D eigenvalue weighted by Crippen LogP contribution is -2.66. The first-order valence-electron chi connectivity index (χ1n) is 20.7. The number of carbonyl (C=O) groups excluding carboxylic acids is 1. The third kappa shape index (κ3) is 11.9. The molecule has 57 heavy (non-hydrogen) atoms. The van der Waals surface area contributed by atoms with E-state index in [1.54, 1.807) is 7.11 Å². The molecule has 0 aliphatic heterocycles. The van der Waals surface area contributed by atoms with E-state index in [0.29, 0.717) is 26.2 Å². The van der Waals surface area contributed by atoms with E-state index in [2.05, 4.69) is 141 Å². The number of hydrogen-bond donors (Lipinski definition) is 0. The third-order valence-corrected chi connectivity index (χ3v) is 21.7. The van der Waals surface area contributed by atoms with Crippen LogP contribution in [0, 0.1) is 17.8 Å². The molecule has 0 amide bonds. The number of benzene rings is 4. The van der Waals surface area contributed by atoms with E-state index in [4.69, 9.17) is 23.1 Å². The highest BCUT2D eigenvalue weighted by atomic mass is 28.4. The van der Waals surface area contributed by atoms with Crippen LogP contribution in [0.3, 0.4) is 0 Å². The summed E-state index contributed by atoms with van der Waals surface area (Å²) in [5, 5.41) is 2.37. The second-order valence-corrected chi connectivity index (χ2v) is 27.4. The van der Waals surface area contributed by atoms with Crippen molar-refractivity contribution in [1.29, 1.82) is 0 Å². The quantitative estimate of drug-likeness (QED) is 0.0617. The Morgan fingerprint density at radius 3 is 1.54 bits per heavy atom. The Morgan fingerprint density at radius 2 is 1.09 bits per heavy atom. The van der Waals surface area contributed by atoms with Crippen molar-refractivity contribution in [1.82, 2.24) is 0 Å². The highest BCUT2D eigenvalue weighted by molar-refractivity contribution is 6.99. The molecule has 0 aliphatic rings. The Balaban J connectivity index is 1.74. The van der Waals surface area contributed by atoms with Gasteiger partial charge in [0, 0.05) is 24.4 Å². The molecule has 0 aromatic heterocycles. The van der Waals surface area contributed by atoms with Crippen molar-refractivity contribution in [3.63, 3.8) is 0 Å². The fourth-order valence-electron chi connectivity index (χ4n) is 7.80. The maximum atomic E-state index is 12.5. The predicted octanol–water partition coefficient (Wildman–Crippen LogP) is 10.6. The van der Waals surface area contributed by atoms with Gasteiger partial charge in [0.15, 0.2) is 8.32 Å². The zero-order valence-electron chi connectivity index (χ0n) is 36.8.